The van der Waals surface area contributed by atoms with Crippen LogP contribution in [0.25, 0.3) is 0 Å². The summed E-state index contributed by atoms with van der Waals surface area (Å²) in [5.74, 6) is -0.0666. The molecule has 1 N–H and O–H groups in total. The summed E-state index contributed by atoms with van der Waals surface area (Å²) < 4.78 is 2.82. The van der Waals surface area contributed by atoms with Crippen molar-refractivity contribution in [1.82, 2.24) is 9.88 Å². The topological polar surface area (TPSA) is 34.0 Å². The zero-order chi connectivity index (χ0) is 13.1. The summed E-state index contributed by atoms with van der Waals surface area (Å²) in [5, 5.41) is 2.91. The first-order chi connectivity index (χ1) is 8.58. The average molecular weight is 307 g/mol. The van der Waals surface area contributed by atoms with Gasteiger partial charge in [0.05, 0.1) is 12.1 Å². The quantitative estimate of drug-likeness (QED) is 0.929. The maximum absolute atomic E-state index is 12.0. The minimum absolute atomic E-state index is 0.0666. The summed E-state index contributed by atoms with van der Waals surface area (Å²) >= 11 is 3.41. The molecular weight excluding hydrogens is 292 g/mol. The molecule has 0 aliphatic carbocycles. The number of amides is 1. The molecule has 1 aromatic carbocycles. The molecule has 1 heterocycles. The van der Waals surface area contributed by atoms with E-state index in [-0.39, 0.29) is 5.91 Å². The van der Waals surface area contributed by atoms with Crippen molar-refractivity contribution in [3.63, 3.8) is 0 Å². The minimum atomic E-state index is -0.0666. The Labute approximate surface area is 115 Å². The van der Waals surface area contributed by atoms with Gasteiger partial charge in [0.2, 0.25) is 0 Å². The molecule has 1 aromatic heterocycles. The Balaban J connectivity index is 2.06. The third kappa shape index (κ3) is 2.82. The largest absolute Gasteiger partial charge is 0.353 e. The minimum Gasteiger partial charge on any atom is -0.353 e. The highest BCUT2D eigenvalue weighted by atomic mass is 79.9. The van der Waals surface area contributed by atoms with Crippen molar-refractivity contribution in [2.24, 2.45) is 7.05 Å². The van der Waals surface area contributed by atoms with E-state index >= 15 is 0 Å². The van der Waals surface area contributed by atoms with E-state index in [0.717, 1.165) is 15.7 Å². The van der Waals surface area contributed by atoms with E-state index in [1.165, 1.54) is 0 Å². The second-order valence-electron chi connectivity index (χ2n) is 4.28. The van der Waals surface area contributed by atoms with E-state index in [9.17, 15) is 4.79 Å². The third-order valence-electron chi connectivity index (χ3n) is 2.85. The van der Waals surface area contributed by atoms with E-state index in [1.54, 1.807) is 0 Å². The third-order valence-corrected chi connectivity index (χ3v) is 3.51. The van der Waals surface area contributed by atoms with Crippen LogP contribution in [0, 0.1) is 6.92 Å². The Hall–Kier alpha value is -1.55. The molecule has 0 unspecified atom stereocenters. The molecule has 0 bridgehead atoms. The van der Waals surface area contributed by atoms with Gasteiger partial charge in [-0.05, 0) is 52.7 Å². The van der Waals surface area contributed by atoms with Gasteiger partial charge in [-0.15, -0.1) is 0 Å². The van der Waals surface area contributed by atoms with Gasteiger partial charge in [-0.3, -0.25) is 4.79 Å². The second kappa shape index (κ2) is 5.40. The maximum Gasteiger partial charge on any atom is 0.252 e. The number of halogens is 1. The van der Waals surface area contributed by atoms with Crippen LogP contribution in [0.5, 0.6) is 0 Å². The van der Waals surface area contributed by atoms with E-state index in [4.69, 9.17) is 0 Å². The number of hydrogen-bond donors (Lipinski definition) is 1. The number of hydrogen-bond acceptors (Lipinski definition) is 1. The molecule has 0 aliphatic heterocycles. The van der Waals surface area contributed by atoms with E-state index in [2.05, 4.69) is 21.2 Å². The van der Waals surface area contributed by atoms with E-state index in [0.29, 0.717) is 12.1 Å². The van der Waals surface area contributed by atoms with Crippen LogP contribution in [-0.2, 0) is 13.6 Å². The van der Waals surface area contributed by atoms with E-state index < -0.39 is 0 Å². The van der Waals surface area contributed by atoms with Crippen LogP contribution in [0.3, 0.4) is 0 Å². The molecule has 2 rings (SSSR count). The fourth-order valence-corrected chi connectivity index (χ4v) is 2.42. The van der Waals surface area contributed by atoms with Gasteiger partial charge in [0.1, 0.15) is 0 Å². The molecule has 4 heteroatoms. The number of carbonyl (C=O) groups is 1. The number of nitrogens with one attached hydrogen (secondary N) is 1. The van der Waals surface area contributed by atoms with Crippen molar-refractivity contribution in [3.8, 4) is 0 Å². The predicted octanol–water partition coefficient (Wildman–Crippen LogP) is 3.03. The molecule has 0 saturated carbocycles. The van der Waals surface area contributed by atoms with Crippen molar-refractivity contribution >= 4 is 21.8 Å². The Kier molecular flexibility index (Phi) is 3.87. The van der Waals surface area contributed by atoms with Crippen LogP contribution in [0.4, 0.5) is 0 Å². The predicted molar refractivity (Wildman–Crippen MR) is 75.5 cm³/mol. The molecule has 0 fully saturated rings. The number of benzene rings is 1. The van der Waals surface area contributed by atoms with Gasteiger partial charge >= 0.3 is 0 Å². The lowest BCUT2D eigenvalue weighted by molar-refractivity contribution is 0.0949. The standard InChI is InChI=1S/C14H15BrN2O/c1-10-5-6-12(13(15)8-10)14(18)16-9-11-4-3-7-17(11)2/h3-8H,9H2,1-2H3,(H,16,18). The summed E-state index contributed by atoms with van der Waals surface area (Å²) in [6.07, 6.45) is 1.96. The highest BCUT2D eigenvalue weighted by molar-refractivity contribution is 9.10. The molecule has 0 saturated heterocycles. The molecule has 0 aliphatic rings. The molecule has 1 amide bonds. The molecule has 3 nitrogen and oxygen atoms in total. The van der Waals surface area contributed by atoms with Gasteiger partial charge < -0.3 is 9.88 Å². The molecule has 0 radical (unpaired) electrons. The Morgan fingerprint density at radius 2 is 2.17 bits per heavy atom. The van der Waals surface area contributed by atoms with Gasteiger partial charge in [0, 0.05) is 23.4 Å². The van der Waals surface area contributed by atoms with Gasteiger partial charge in [-0.1, -0.05) is 6.07 Å². The summed E-state index contributed by atoms with van der Waals surface area (Å²) in [6.45, 7) is 2.53. The highest BCUT2D eigenvalue weighted by Crippen LogP contribution is 2.18. The van der Waals surface area contributed by atoms with Gasteiger partial charge in [0.15, 0.2) is 0 Å². The number of rotatable bonds is 3. The van der Waals surface area contributed by atoms with Crippen LogP contribution < -0.4 is 5.32 Å². The Bertz CT molecular complexity index is 575. The maximum atomic E-state index is 12.0. The van der Waals surface area contributed by atoms with Crippen molar-refractivity contribution in [2.45, 2.75) is 13.5 Å². The second-order valence-corrected chi connectivity index (χ2v) is 5.13. The van der Waals surface area contributed by atoms with Crippen LogP contribution in [0.1, 0.15) is 21.6 Å². The summed E-state index contributed by atoms with van der Waals surface area (Å²) in [7, 11) is 1.96. The first-order valence-electron chi connectivity index (χ1n) is 5.72. The number of nitrogens with zero attached hydrogens (tertiary/aromatic N) is 1. The average Bonchev–Trinajstić information content (AvgIpc) is 2.72. The summed E-state index contributed by atoms with van der Waals surface area (Å²) in [5.41, 5.74) is 2.86. The van der Waals surface area contributed by atoms with E-state index in [1.807, 2.05) is 55.1 Å². The van der Waals surface area contributed by atoms with Crippen molar-refractivity contribution in [1.29, 1.82) is 0 Å². The zero-order valence-corrected chi connectivity index (χ0v) is 12.0. The SMILES string of the molecule is Cc1ccc(C(=O)NCc2cccn2C)c(Br)c1. The Morgan fingerprint density at radius 3 is 2.78 bits per heavy atom. The fourth-order valence-electron chi connectivity index (χ4n) is 1.75. The van der Waals surface area contributed by atoms with Gasteiger partial charge in [-0.2, -0.15) is 0 Å². The molecule has 2 aromatic rings. The lowest BCUT2D eigenvalue weighted by Gasteiger charge is -2.08. The molecule has 18 heavy (non-hydrogen) atoms. The van der Waals surface area contributed by atoms with Crippen LogP contribution in [-0.4, -0.2) is 10.5 Å². The highest BCUT2D eigenvalue weighted by Gasteiger charge is 2.09. The normalized spacial score (nSPS) is 10.4. The van der Waals surface area contributed by atoms with Crippen LogP contribution in [0.15, 0.2) is 41.0 Å². The first-order valence-corrected chi connectivity index (χ1v) is 6.52. The summed E-state index contributed by atoms with van der Waals surface area (Å²) in [4.78, 5) is 12.0. The van der Waals surface area contributed by atoms with Crippen molar-refractivity contribution < 1.29 is 4.79 Å². The summed E-state index contributed by atoms with van der Waals surface area (Å²) in [6, 6.07) is 9.66. The van der Waals surface area contributed by atoms with Gasteiger partial charge in [0.25, 0.3) is 5.91 Å². The lowest BCUT2D eigenvalue weighted by atomic mass is 10.1. The van der Waals surface area contributed by atoms with Gasteiger partial charge in [-0.25, -0.2) is 0 Å². The number of aromatic nitrogens is 1. The lowest BCUT2D eigenvalue weighted by Crippen LogP contribution is -2.24. The fraction of sp³-hybridized carbons (Fsp3) is 0.214. The zero-order valence-electron chi connectivity index (χ0n) is 10.4. The van der Waals surface area contributed by atoms with Crippen LogP contribution in [0.2, 0.25) is 0 Å². The van der Waals surface area contributed by atoms with Crippen LogP contribution >= 0.6 is 15.9 Å². The molecule has 0 spiro atoms. The molecular formula is C14H15BrN2O. The smallest absolute Gasteiger partial charge is 0.252 e. The number of carbonyl (C=O) groups excluding carboxylic acids is 1. The van der Waals surface area contributed by atoms with Crippen molar-refractivity contribution in [3.05, 3.63) is 57.8 Å². The molecule has 0 atom stereocenters. The molecule has 94 valence electrons. The van der Waals surface area contributed by atoms with Crippen molar-refractivity contribution in [2.75, 3.05) is 0 Å². The Morgan fingerprint density at radius 1 is 1.39 bits per heavy atom. The first kappa shape index (κ1) is 12.9. The monoisotopic (exact) mass is 306 g/mol. The number of aryl methyl sites for hydroxylation is 2.